The third kappa shape index (κ3) is 4.11. The number of carbonyl (C=O) groups excluding carboxylic acids is 3. The first-order chi connectivity index (χ1) is 9.59. The number of hydrogen-bond donors (Lipinski definition) is 0. The van der Waals surface area contributed by atoms with E-state index in [1.54, 1.807) is 6.92 Å². The van der Waals surface area contributed by atoms with Crippen LogP contribution in [0.4, 0.5) is 0 Å². The maximum atomic E-state index is 11.6. The summed E-state index contributed by atoms with van der Waals surface area (Å²) in [6.07, 6.45) is 2.29. The maximum absolute atomic E-state index is 11.6. The second kappa shape index (κ2) is 6.95. The summed E-state index contributed by atoms with van der Waals surface area (Å²) in [5.74, 6) is -0.0566. The van der Waals surface area contributed by atoms with Gasteiger partial charge >= 0.3 is 0 Å². The molecule has 1 aliphatic heterocycles. The lowest BCUT2D eigenvalue weighted by Crippen LogP contribution is -2.33. The molecule has 2 amide bonds. The van der Waals surface area contributed by atoms with Crippen LogP contribution in [0.5, 0.6) is 0 Å². The third-order valence-electron chi connectivity index (χ3n) is 3.58. The molecule has 1 saturated heterocycles. The second-order valence-corrected chi connectivity index (χ2v) is 5.39. The van der Waals surface area contributed by atoms with Crippen LogP contribution in [0.25, 0.3) is 0 Å². The minimum atomic E-state index is -0.209. The van der Waals surface area contributed by atoms with Crippen LogP contribution in [0, 0.1) is 11.8 Å². The topological polar surface area (TPSA) is 72.9 Å². The van der Waals surface area contributed by atoms with Crippen LogP contribution in [-0.2, 0) is 23.9 Å². The molecule has 1 atom stereocenters. The van der Waals surface area contributed by atoms with Gasteiger partial charge in [-0.3, -0.25) is 19.3 Å². The molecule has 0 N–H and O–H groups in total. The molecular weight excluding hydrogens is 262 g/mol. The fourth-order valence-electron chi connectivity index (χ4n) is 2.15. The van der Waals surface area contributed by atoms with Crippen molar-refractivity contribution in [2.75, 3.05) is 33.0 Å². The van der Waals surface area contributed by atoms with Crippen molar-refractivity contribution in [3.05, 3.63) is 0 Å². The van der Waals surface area contributed by atoms with Crippen LogP contribution in [0.2, 0.25) is 0 Å². The van der Waals surface area contributed by atoms with Gasteiger partial charge in [-0.15, -0.1) is 0 Å². The number of amides is 2. The van der Waals surface area contributed by atoms with Crippen LogP contribution in [0.1, 0.15) is 26.2 Å². The van der Waals surface area contributed by atoms with Crippen LogP contribution >= 0.6 is 0 Å². The molecule has 1 aliphatic carbocycles. The van der Waals surface area contributed by atoms with E-state index >= 15 is 0 Å². The molecule has 6 nitrogen and oxygen atoms in total. The first kappa shape index (κ1) is 15.1. The van der Waals surface area contributed by atoms with Crippen molar-refractivity contribution in [3.8, 4) is 0 Å². The van der Waals surface area contributed by atoms with Gasteiger partial charge in [-0.25, -0.2) is 0 Å². The van der Waals surface area contributed by atoms with Crippen molar-refractivity contribution in [1.29, 1.82) is 0 Å². The molecule has 1 unspecified atom stereocenters. The number of ketones is 1. The molecule has 0 aromatic heterocycles. The Morgan fingerprint density at radius 2 is 1.90 bits per heavy atom. The maximum Gasteiger partial charge on any atom is 0.232 e. The van der Waals surface area contributed by atoms with Crippen LogP contribution in [0.15, 0.2) is 0 Å². The molecule has 1 saturated carbocycles. The molecule has 1 heterocycles. The molecule has 0 radical (unpaired) electrons. The van der Waals surface area contributed by atoms with Crippen molar-refractivity contribution < 1.29 is 23.9 Å². The van der Waals surface area contributed by atoms with E-state index in [4.69, 9.17) is 9.47 Å². The highest BCUT2D eigenvalue weighted by Gasteiger charge is 2.34. The molecular formula is C14H21NO5. The summed E-state index contributed by atoms with van der Waals surface area (Å²) in [5.41, 5.74) is 0. The normalized spacial score (nSPS) is 22.6. The van der Waals surface area contributed by atoms with E-state index < -0.39 is 0 Å². The number of hydrogen-bond acceptors (Lipinski definition) is 5. The number of Topliss-reactive ketones (excluding diaryl/α,β-unsaturated/α-hetero) is 1. The first-order valence-electron chi connectivity index (χ1n) is 7.12. The van der Waals surface area contributed by atoms with Gasteiger partial charge in [0.2, 0.25) is 11.8 Å². The highest BCUT2D eigenvalue weighted by molar-refractivity contribution is 6.03. The molecule has 2 aliphatic rings. The van der Waals surface area contributed by atoms with E-state index in [1.807, 2.05) is 0 Å². The van der Waals surface area contributed by atoms with Gasteiger partial charge in [-0.05, 0) is 12.8 Å². The van der Waals surface area contributed by atoms with Crippen molar-refractivity contribution in [2.24, 2.45) is 11.8 Å². The molecule has 0 spiro atoms. The Balaban J connectivity index is 1.48. The first-order valence-corrected chi connectivity index (χ1v) is 7.12. The Hall–Kier alpha value is -1.27. The summed E-state index contributed by atoms with van der Waals surface area (Å²) in [6, 6.07) is 0. The molecule has 0 aromatic rings. The molecule has 2 rings (SSSR count). The lowest BCUT2D eigenvalue weighted by Gasteiger charge is -2.14. The summed E-state index contributed by atoms with van der Waals surface area (Å²) in [4.78, 5) is 35.7. The predicted molar refractivity (Wildman–Crippen MR) is 69.9 cm³/mol. The largest absolute Gasteiger partial charge is 0.377 e. The number of rotatable bonds is 9. The SMILES string of the molecule is CC1CC(=O)N(CCOCCOCC(=O)C2CC2)C1=O. The Morgan fingerprint density at radius 1 is 1.20 bits per heavy atom. The summed E-state index contributed by atoms with van der Waals surface area (Å²) >= 11 is 0. The van der Waals surface area contributed by atoms with Gasteiger partial charge in [-0.2, -0.15) is 0 Å². The van der Waals surface area contributed by atoms with Crippen LogP contribution in [0.3, 0.4) is 0 Å². The summed E-state index contributed by atoms with van der Waals surface area (Å²) < 4.78 is 10.5. The van der Waals surface area contributed by atoms with Crippen LogP contribution < -0.4 is 0 Å². The lowest BCUT2D eigenvalue weighted by molar-refractivity contribution is -0.140. The Labute approximate surface area is 118 Å². The molecule has 2 fully saturated rings. The quantitative estimate of drug-likeness (QED) is 0.452. The summed E-state index contributed by atoms with van der Waals surface area (Å²) in [6.45, 7) is 3.24. The van der Waals surface area contributed by atoms with Crippen LogP contribution in [-0.4, -0.2) is 55.5 Å². The number of nitrogens with zero attached hydrogens (tertiary/aromatic N) is 1. The minimum Gasteiger partial charge on any atom is -0.377 e. The Kier molecular flexibility index (Phi) is 5.25. The lowest BCUT2D eigenvalue weighted by atomic mass is 10.1. The van der Waals surface area contributed by atoms with Crippen molar-refractivity contribution in [1.82, 2.24) is 4.90 Å². The Bertz CT molecular complexity index is 391. The molecule has 0 bridgehead atoms. The number of likely N-dealkylation sites (tertiary alicyclic amines) is 1. The second-order valence-electron chi connectivity index (χ2n) is 5.39. The number of carbonyl (C=O) groups is 3. The zero-order valence-corrected chi connectivity index (χ0v) is 11.8. The third-order valence-corrected chi connectivity index (χ3v) is 3.58. The van der Waals surface area contributed by atoms with Gasteiger partial charge in [0.25, 0.3) is 0 Å². The van der Waals surface area contributed by atoms with Crippen molar-refractivity contribution in [3.63, 3.8) is 0 Å². The molecule has 20 heavy (non-hydrogen) atoms. The van der Waals surface area contributed by atoms with E-state index in [9.17, 15) is 14.4 Å². The molecule has 6 heteroatoms. The molecule has 0 aromatic carbocycles. The predicted octanol–water partition coefficient (Wildman–Crippen LogP) is 0.394. The fraction of sp³-hybridized carbons (Fsp3) is 0.786. The van der Waals surface area contributed by atoms with E-state index in [1.165, 1.54) is 4.90 Å². The van der Waals surface area contributed by atoms with Crippen molar-refractivity contribution in [2.45, 2.75) is 26.2 Å². The van der Waals surface area contributed by atoms with Gasteiger partial charge in [0, 0.05) is 18.3 Å². The van der Waals surface area contributed by atoms with Gasteiger partial charge < -0.3 is 9.47 Å². The van der Waals surface area contributed by atoms with E-state index in [2.05, 4.69) is 0 Å². The average molecular weight is 283 g/mol. The minimum absolute atomic E-state index is 0.120. The van der Waals surface area contributed by atoms with Gasteiger partial charge in [-0.1, -0.05) is 6.92 Å². The molecule has 112 valence electrons. The van der Waals surface area contributed by atoms with Crippen molar-refractivity contribution >= 4 is 17.6 Å². The zero-order valence-electron chi connectivity index (χ0n) is 11.8. The monoisotopic (exact) mass is 283 g/mol. The fourth-order valence-corrected chi connectivity index (χ4v) is 2.15. The van der Waals surface area contributed by atoms with E-state index in [0.717, 1.165) is 12.8 Å². The van der Waals surface area contributed by atoms with Gasteiger partial charge in [0.05, 0.1) is 26.4 Å². The zero-order chi connectivity index (χ0) is 14.5. The Morgan fingerprint density at radius 3 is 2.50 bits per heavy atom. The van der Waals surface area contributed by atoms with Gasteiger partial charge in [0.1, 0.15) is 6.61 Å². The van der Waals surface area contributed by atoms with E-state index in [-0.39, 0.29) is 36.0 Å². The smallest absolute Gasteiger partial charge is 0.232 e. The summed E-state index contributed by atoms with van der Waals surface area (Å²) in [5, 5.41) is 0. The highest BCUT2D eigenvalue weighted by Crippen LogP contribution is 2.29. The summed E-state index contributed by atoms with van der Waals surface area (Å²) in [7, 11) is 0. The average Bonchev–Trinajstić information content (AvgIpc) is 3.21. The highest BCUT2D eigenvalue weighted by atomic mass is 16.5. The number of ether oxygens (including phenoxy) is 2. The van der Waals surface area contributed by atoms with E-state index in [0.29, 0.717) is 32.8 Å². The number of imide groups is 1. The van der Waals surface area contributed by atoms with Gasteiger partial charge in [0.15, 0.2) is 5.78 Å². The standard InChI is InChI=1S/C14H21NO5/c1-10-8-13(17)15(14(10)18)4-5-19-6-7-20-9-12(16)11-2-3-11/h10-11H,2-9H2,1H3.